The summed E-state index contributed by atoms with van der Waals surface area (Å²) in [6, 6.07) is 2.07. The molecule has 1 aromatic heterocycles. The Balaban J connectivity index is 2.35. The fraction of sp³-hybridized carbons (Fsp3) is 0.267. The van der Waals surface area contributed by atoms with Crippen molar-refractivity contribution in [3.05, 3.63) is 52.4 Å². The second-order valence-electron chi connectivity index (χ2n) is 5.02. The molecule has 1 aromatic rings. The molecule has 112 valence electrons. The monoisotopic (exact) mass is 287 g/mol. The minimum Gasteiger partial charge on any atom is -0.494 e. The molecule has 6 heteroatoms. The first-order valence-electron chi connectivity index (χ1n) is 6.58. The van der Waals surface area contributed by atoms with Crippen LogP contribution in [0, 0.1) is 13.8 Å². The van der Waals surface area contributed by atoms with Crippen molar-refractivity contribution in [2.75, 3.05) is 14.2 Å². The third-order valence-electron chi connectivity index (χ3n) is 3.21. The number of aryl methyl sites for hydroxylation is 2. The van der Waals surface area contributed by atoms with Crippen molar-refractivity contribution < 1.29 is 4.74 Å². The highest BCUT2D eigenvalue weighted by atomic mass is 16.5. The maximum absolute atomic E-state index is 5.95. The number of hydrogen-bond donors (Lipinski definition) is 3. The Kier molecular flexibility index (Phi) is 4.18. The number of rotatable bonds is 4. The molecule has 0 saturated heterocycles. The van der Waals surface area contributed by atoms with Gasteiger partial charge in [-0.05, 0) is 31.6 Å². The summed E-state index contributed by atoms with van der Waals surface area (Å²) in [5.41, 5.74) is 11.1. The highest BCUT2D eigenvalue weighted by molar-refractivity contribution is 6.11. The van der Waals surface area contributed by atoms with Gasteiger partial charge < -0.3 is 20.5 Å². The van der Waals surface area contributed by atoms with Gasteiger partial charge in [-0.2, -0.15) is 0 Å². The Bertz CT molecular complexity index is 642. The fourth-order valence-corrected chi connectivity index (χ4v) is 2.03. The second-order valence-corrected chi connectivity index (χ2v) is 5.02. The first-order chi connectivity index (χ1) is 9.90. The molecule has 21 heavy (non-hydrogen) atoms. The van der Waals surface area contributed by atoms with Crippen molar-refractivity contribution in [2.24, 2.45) is 16.6 Å². The van der Waals surface area contributed by atoms with Crippen LogP contribution in [0.1, 0.15) is 17.0 Å². The van der Waals surface area contributed by atoms with Crippen LogP contribution in [-0.2, 0) is 4.74 Å². The van der Waals surface area contributed by atoms with Crippen LogP contribution in [-0.4, -0.2) is 29.9 Å². The number of methoxy groups -OCH3 is 1. The number of hydrogen-bond acceptors (Lipinski definition) is 5. The van der Waals surface area contributed by atoms with E-state index in [9.17, 15) is 0 Å². The Labute approximate surface area is 124 Å². The molecule has 0 amide bonds. The van der Waals surface area contributed by atoms with Crippen molar-refractivity contribution in [1.82, 2.24) is 9.99 Å². The molecule has 6 nitrogen and oxygen atoms in total. The summed E-state index contributed by atoms with van der Waals surface area (Å²) in [5, 5.41) is 1.39. The third-order valence-corrected chi connectivity index (χ3v) is 3.21. The van der Waals surface area contributed by atoms with Crippen molar-refractivity contribution in [1.29, 1.82) is 0 Å². The van der Waals surface area contributed by atoms with Crippen molar-refractivity contribution >= 4 is 11.8 Å². The molecular weight excluding hydrogens is 266 g/mol. The average molecular weight is 287 g/mol. The van der Waals surface area contributed by atoms with E-state index in [1.165, 1.54) is 10.6 Å². The number of aliphatic imine (C=N–C) groups is 1. The zero-order valence-corrected chi connectivity index (χ0v) is 12.8. The van der Waals surface area contributed by atoms with Gasteiger partial charge in [0.15, 0.2) is 0 Å². The summed E-state index contributed by atoms with van der Waals surface area (Å²) in [6.45, 7) is 4.09. The maximum Gasteiger partial charge on any atom is 0.146 e. The first kappa shape index (κ1) is 14.9. The van der Waals surface area contributed by atoms with E-state index < -0.39 is 0 Å². The van der Waals surface area contributed by atoms with Crippen LogP contribution in [0.5, 0.6) is 0 Å². The molecule has 0 atom stereocenters. The lowest BCUT2D eigenvalue weighted by Gasteiger charge is -2.06. The van der Waals surface area contributed by atoms with Crippen LogP contribution in [0.4, 0.5) is 0 Å². The van der Waals surface area contributed by atoms with E-state index in [2.05, 4.69) is 23.0 Å². The summed E-state index contributed by atoms with van der Waals surface area (Å²) >= 11 is 0. The smallest absolute Gasteiger partial charge is 0.146 e. The summed E-state index contributed by atoms with van der Waals surface area (Å²) in [4.78, 5) is 7.78. The quantitative estimate of drug-likeness (QED) is 0.579. The van der Waals surface area contributed by atoms with Crippen LogP contribution in [0.2, 0.25) is 0 Å². The van der Waals surface area contributed by atoms with E-state index >= 15 is 0 Å². The predicted molar refractivity (Wildman–Crippen MR) is 85.0 cm³/mol. The molecule has 0 aromatic carbocycles. The molecule has 0 aliphatic carbocycles. The van der Waals surface area contributed by atoms with E-state index in [0.29, 0.717) is 17.2 Å². The lowest BCUT2D eigenvalue weighted by molar-refractivity contribution is 0.303. The highest BCUT2D eigenvalue weighted by Gasteiger charge is 2.17. The molecular formula is C15H21N5O. The van der Waals surface area contributed by atoms with Crippen molar-refractivity contribution in [3.63, 3.8) is 0 Å². The molecule has 2 heterocycles. The minimum atomic E-state index is 0.483. The highest BCUT2D eigenvalue weighted by Crippen LogP contribution is 2.24. The van der Waals surface area contributed by atoms with Crippen LogP contribution in [0.3, 0.4) is 0 Å². The molecule has 0 saturated carbocycles. The third kappa shape index (κ3) is 3.35. The number of hydrazine groups is 1. The molecule has 0 bridgehead atoms. The Morgan fingerprint density at radius 1 is 1.43 bits per heavy atom. The number of aromatic amines is 1. The number of nitrogens with two attached hydrogens (primary N) is 2. The zero-order chi connectivity index (χ0) is 15.6. The van der Waals surface area contributed by atoms with Crippen molar-refractivity contribution in [3.8, 4) is 0 Å². The number of ether oxygens (including phenoxy) is 1. The second kappa shape index (κ2) is 5.88. The van der Waals surface area contributed by atoms with Gasteiger partial charge in [0, 0.05) is 30.7 Å². The summed E-state index contributed by atoms with van der Waals surface area (Å²) in [7, 11) is 3.31. The van der Waals surface area contributed by atoms with Crippen LogP contribution in [0.15, 0.2) is 40.5 Å². The van der Waals surface area contributed by atoms with Gasteiger partial charge >= 0.3 is 0 Å². The van der Waals surface area contributed by atoms with Crippen LogP contribution >= 0.6 is 0 Å². The Morgan fingerprint density at radius 2 is 2.14 bits per heavy atom. The SMILES string of the molecule is COC1=CC(C(/N)=C/N(C)N)=N/C1=C\c1cc(C)c(C)[nH]1. The molecule has 0 unspecified atom stereocenters. The van der Waals surface area contributed by atoms with Gasteiger partial charge in [0.05, 0.1) is 18.5 Å². The lowest BCUT2D eigenvalue weighted by Crippen LogP contribution is -2.22. The Morgan fingerprint density at radius 3 is 2.67 bits per heavy atom. The molecule has 0 radical (unpaired) electrons. The van der Waals surface area contributed by atoms with Crippen molar-refractivity contribution in [2.45, 2.75) is 13.8 Å². The van der Waals surface area contributed by atoms with Gasteiger partial charge in [0.25, 0.3) is 0 Å². The van der Waals surface area contributed by atoms with Gasteiger partial charge in [-0.25, -0.2) is 10.8 Å². The molecule has 1 aliphatic rings. The van der Waals surface area contributed by atoms with Gasteiger partial charge in [0.2, 0.25) is 0 Å². The van der Waals surface area contributed by atoms with E-state index in [0.717, 1.165) is 17.1 Å². The van der Waals surface area contributed by atoms with Gasteiger partial charge in [-0.1, -0.05) is 0 Å². The zero-order valence-electron chi connectivity index (χ0n) is 12.8. The fourth-order valence-electron chi connectivity index (χ4n) is 2.03. The number of allylic oxidation sites excluding steroid dienone is 1. The normalized spacial score (nSPS) is 17.0. The summed E-state index contributed by atoms with van der Waals surface area (Å²) < 4.78 is 5.36. The van der Waals surface area contributed by atoms with Gasteiger partial charge in [0.1, 0.15) is 11.5 Å². The van der Waals surface area contributed by atoms with Gasteiger partial charge in [-0.3, -0.25) is 0 Å². The number of nitrogens with one attached hydrogen (secondary N) is 1. The number of nitrogens with zero attached hydrogens (tertiary/aromatic N) is 2. The largest absolute Gasteiger partial charge is 0.494 e. The molecule has 0 fully saturated rings. The molecule has 5 N–H and O–H groups in total. The van der Waals surface area contributed by atoms with E-state index in [-0.39, 0.29) is 0 Å². The molecule has 1 aliphatic heterocycles. The lowest BCUT2D eigenvalue weighted by atomic mass is 10.2. The molecule has 0 spiro atoms. The minimum absolute atomic E-state index is 0.483. The molecule has 2 rings (SSSR count). The summed E-state index contributed by atoms with van der Waals surface area (Å²) in [5.74, 6) is 6.23. The number of H-pyrrole nitrogens is 1. The van der Waals surface area contributed by atoms with Crippen LogP contribution < -0.4 is 11.6 Å². The van der Waals surface area contributed by atoms with E-state index in [1.807, 2.05) is 13.0 Å². The summed E-state index contributed by atoms with van der Waals surface area (Å²) in [6.07, 6.45) is 5.33. The average Bonchev–Trinajstić information content (AvgIpc) is 2.93. The standard InChI is InChI=1S/C15H21N5O/c1-9-5-11(18-10(9)2)6-14-15(21-4)7-13(19-14)12(16)8-20(3)17/h5-8,18H,16-17H2,1-4H3/b12-8-,14-6-. The maximum atomic E-state index is 5.95. The van der Waals surface area contributed by atoms with E-state index in [4.69, 9.17) is 16.3 Å². The van der Waals surface area contributed by atoms with E-state index in [1.54, 1.807) is 26.4 Å². The van der Waals surface area contributed by atoms with Crippen LogP contribution in [0.25, 0.3) is 6.08 Å². The first-order valence-corrected chi connectivity index (χ1v) is 6.58. The topological polar surface area (TPSA) is 92.7 Å². The number of aromatic nitrogens is 1. The Hall–Kier alpha value is -2.47. The van der Waals surface area contributed by atoms with Gasteiger partial charge in [-0.15, -0.1) is 0 Å². The predicted octanol–water partition coefficient (Wildman–Crippen LogP) is 1.56.